The first-order chi connectivity index (χ1) is 15.6. The minimum Gasteiger partial charge on any atom is -0.493 e. The molecule has 33 heavy (non-hydrogen) atoms. The Morgan fingerprint density at radius 3 is 2.27 bits per heavy atom. The number of aliphatic hydroxyl groups excluding tert-OH is 1. The van der Waals surface area contributed by atoms with Crippen LogP contribution in [0.25, 0.3) is 6.08 Å². The third kappa shape index (κ3) is 5.68. The van der Waals surface area contributed by atoms with E-state index in [-0.39, 0.29) is 11.1 Å². The third-order valence-corrected chi connectivity index (χ3v) is 5.52. The van der Waals surface area contributed by atoms with E-state index in [1.807, 2.05) is 24.3 Å². The Hall–Kier alpha value is -3.00. The second-order valence-electron chi connectivity index (χ2n) is 9.11. The van der Waals surface area contributed by atoms with Crippen molar-refractivity contribution in [1.82, 2.24) is 4.90 Å². The van der Waals surface area contributed by atoms with Gasteiger partial charge < -0.3 is 19.7 Å². The van der Waals surface area contributed by atoms with Gasteiger partial charge in [-0.1, -0.05) is 57.7 Å². The van der Waals surface area contributed by atoms with Gasteiger partial charge in [-0.3, -0.25) is 14.5 Å². The maximum Gasteiger partial charge on any atom is 0.262 e. The maximum absolute atomic E-state index is 12.9. The number of hydrogen-bond donors (Lipinski definition) is 2. The normalized spacial score (nSPS) is 14.5. The number of ether oxygens (including phenoxy) is 2. The molecular formula is C26H31NO6. The van der Waals surface area contributed by atoms with Crippen LogP contribution in [0.5, 0.6) is 5.75 Å². The molecule has 0 aliphatic carbocycles. The molecule has 0 spiro atoms. The van der Waals surface area contributed by atoms with Crippen LogP contribution in [0.4, 0.5) is 0 Å². The molecule has 2 aromatic carbocycles. The molecule has 176 valence electrons. The Morgan fingerprint density at radius 1 is 1.00 bits per heavy atom. The molecule has 7 heteroatoms. The molecule has 0 saturated carbocycles. The zero-order chi connectivity index (χ0) is 24.2. The van der Waals surface area contributed by atoms with E-state index in [0.717, 1.165) is 16.0 Å². The number of carbonyl (C=O) groups is 2. The highest BCUT2D eigenvalue weighted by atomic mass is 16.5. The maximum atomic E-state index is 12.9. The van der Waals surface area contributed by atoms with Crippen molar-refractivity contribution in [2.24, 2.45) is 5.41 Å². The number of imide groups is 1. The van der Waals surface area contributed by atoms with Crippen LogP contribution in [0, 0.1) is 5.41 Å². The van der Waals surface area contributed by atoms with Gasteiger partial charge in [0.1, 0.15) is 5.75 Å². The Morgan fingerprint density at radius 2 is 1.67 bits per heavy atom. The average Bonchev–Trinajstić information content (AvgIpc) is 3.00. The molecule has 1 heterocycles. The first-order valence-corrected chi connectivity index (χ1v) is 10.9. The smallest absolute Gasteiger partial charge is 0.262 e. The lowest BCUT2D eigenvalue weighted by Gasteiger charge is -2.37. The van der Waals surface area contributed by atoms with E-state index in [1.54, 1.807) is 32.9 Å². The van der Waals surface area contributed by atoms with Gasteiger partial charge in [0.25, 0.3) is 11.8 Å². The Balaban J connectivity index is 1.54. The van der Waals surface area contributed by atoms with Gasteiger partial charge in [-0.15, -0.1) is 0 Å². The molecular weight excluding hydrogens is 422 g/mol. The summed E-state index contributed by atoms with van der Waals surface area (Å²) in [6.07, 6.45) is 0.604. The molecule has 1 aliphatic rings. The molecule has 1 aliphatic heterocycles. The summed E-state index contributed by atoms with van der Waals surface area (Å²) in [5.74, 6) is -0.628. The van der Waals surface area contributed by atoms with Crippen LogP contribution >= 0.6 is 0 Å². The molecule has 0 aromatic heterocycles. The number of fused-ring (bicyclic) bond motifs is 1. The van der Waals surface area contributed by atoms with Gasteiger partial charge in [0.15, 0.2) is 6.29 Å². The Kier molecular flexibility index (Phi) is 7.68. The molecule has 0 unspecified atom stereocenters. The minimum absolute atomic E-state index is 0.201. The highest BCUT2D eigenvalue weighted by Gasteiger charge is 2.47. The summed E-state index contributed by atoms with van der Waals surface area (Å²) < 4.78 is 11.4. The van der Waals surface area contributed by atoms with Gasteiger partial charge in [-0.2, -0.15) is 0 Å². The summed E-state index contributed by atoms with van der Waals surface area (Å²) in [7, 11) is 0. The molecule has 2 amide bonds. The van der Waals surface area contributed by atoms with E-state index in [9.17, 15) is 19.8 Å². The Labute approximate surface area is 194 Å². The van der Waals surface area contributed by atoms with E-state index in [2.05, 4.69) is 6.58 Å². The summed E-state index contributed by atoms with van der Waals surface area (Å²) in [6.45, 7) is 10.4. The second-order valence-corrected chi connectivity index (χ2v) is 9.11. The first-order valence-electron chi connectivity index (χ1n) is 10.9. The number of nitrogens with zero attached hydrogens (tertiary/aromatic N) is 1. The van der Waals surface area contributed by atoms with Gasteiger partial charge in [-0.25, -0.2) is 0 Å². The molecule has 0 radical (unpaired) electrons. The summed E-state index contributed by atoms with van der Waals surface area (Å²) in [5.41, 5.74) is 1.86. The molecule has 2 N–H and O–H groups in total. The predicted molar refractivity (Wildman–Crippen MR) is 125 cm³/mol. The number of aliphatic hydroxyl groups is 2. The topological polar surface area (TPSA) is 96.3 Å². The van der Waals surface area contributed by atoms with Crippen LogP contribution in [-0.4, -0.2) is 52.5 Å². The van der Waals surface area contributed by atoms with Gasteiger partial charge in [0.2, 0.25) is 0 Å². The summed E-state index contributed by atoms with van der Waals surface area (Å²) in [5, 5.41) is 19.7. The van der Waals surface area contributed by atoms with Crippen molar-refractivity contribution in [3.63, 3.8) is 0 Å². The monoisotopic (exact) mass is 453 g/mol. The van der Waals surface area contributed by atoms with Crippen LogP contribution in [0.1, 0.15) is 59.0 Å². The molecule has 3 rings (SSSR count). The second kappa shape index (κ2) is 10.3. The van der Waals surface area contributed by atoms with E-state index < -0.39 is 29.6 Å². The Bertz CT molecular complexity index is 1010. The lowest BCUT2D eigenvalue weighted by Crippen LogP contribution is -2.53. The van der Waals surface area contributed by atoms with Crippen LogP contribution < -0.4 is 4.74 Å². The third-order valence-electron chi connectivity index (χ3n) is 5.52. The zero-order valence-electron chi connectivity index (χ0n) is 19.3. The summed E-state index contributed by atoms with van der Waals surface area (Å²) in [6, 6.07) is 11.6. The van der Waals surface area contributed by atoms with Crippen molar-refractivity contribution < 1.29 is 29.3 Å². The van der Waals surface area contributed by atoms with E-state index in [4.69, 9.17) is 9.47 Å². The lowest BCUT2D eigenvalue weighted by atomic mass is 9.85. The fraction of sp³-hybridized carbons (Fsp3) is 0.385. The number of benzene rings is 2. The van der Waals surface area contributed by atoms with Crippen molar-refractivity contribution in [2.75, 3.05) is 13.2 Å². The highest BCUT2D eigenvalue weighted by molar-refractivity contribution is 6.21. The van der Waals surface area contributed by atoms with Crippen molar-refractivity contribution in [2.45, 2.75) is 46.1 Å². The van der Waals surface area contributed by atoms with E-state index in [1.165, 1.54) is 12.1 Å². The fourth-order valence-electron chi connectivity index (χ4n) is 3.84. The predicted octanol–water partition coefficient (Wildman–Crippen LogP) is 3.64. The highest BCUT2D eigenvalue weighted by Crippen LogP contribution is 2.34. The van der Waals surface area contributed by atoms with E-state index >= 15 is 0 Å². The van der Waals surface area contributed by atoms with Crippen molar-refractivity contribution in [1.29, 1.82) is 0 Å². The number of hydrogen-bond acceptors (Lipinski definition) is 6. The average molecular weight is 454 g/mol. The SMILES string of the molecule is C=Cc1ccc(COCCCOc2ccc3c(c2)C(=O)N([C@H](C(O)O)C(C)(C)C)C3=O)cc1. The molecule has 0 fully saturated rings. The summed E-state index contributed by atoms with van der Waals surface area (Å²) >= 11 is 0. The minimum atomic E-state index is -1.84. The fourth-order valence-corrected chi connectivity index (χ4v) is 3.84. The van der Waals surface area contributed by atoms with Gasteiger partial charge >= 0.3 is 0 Å². The largest absolute Gasteiger partial charge is 0.493 e. The standard InChI is InChI=1S/C26H31NO6/c1-5-17-7-9-18(10-8-17)16-32-13-6-14-33-19-11-12-20-21(15-19)24(29)27(23(20)28)22(25(30)31)26(2,3)4/h5,7-12,15,22,25,30-31H,1,6,13-14,16H2,2-4H3/t22-/m1/s1. The number of amides is 2. The summed E-state index contributed by atoms with van der Waals surface area (Å²) in [4.78, 5) is 26.7. The van der Waals surface area contributed by atoms with Crippen LogP contribution in [-0.2, 0) is 11.3 Å². The van der Waals surface area contributed by atoms with Crippen molar-refractivity contribution in [3.05, 3.63) is 71.3 Å². The zero-order valence-corrected chi connectivity index (χ0v) is 19.3. The quantitative estimate of drug-likeness (QED) is 0.324. The molecule has 0 saturated heterocycles. The van der Waals surface area contributed by atoms with Gasteiger partial charge in [0, 0.05) is 6.42 Å². The van der Waals surface area contributed by atoms with Crippen molar-refractivity contribution >= 4 is 17.9 Å². The van der Waals surface area contributed by atoms with Crippen LogP contribution in [0.3, 0.4) is 0 Å². The number of carbonyl (C=O) groups excluding carboxylic acids is 2. The van der Waals surface area contributed by atoms with Crippen molar-refractivity contribution in [3.8, 4) is 5.75 Å². The first kappa shape index (κ1) is 24.6. The van der Waals surface area contributed by atoms with Gasteiger partial charge in [0.05, 0.1) is 37.0 Å². The molecule has 2 aromatic rings. The van der Waals surface area contributed by atoms with Crippen LogP contribution in [0.15, 0.2) is 49.0 Å². The van der Waals surface area contributed by atoms with E-state index in [0.29, 0.717) is 32.0 Å². The number of rotatable bonds is 10. The lowest BCUT2D eigenvalue weighted by molar-refractivity contribution is -0.114. The van der Waals surface area contributed by atoms with Gasteiger partial charge in [-0.05, 0) is 34.7 Å². The molecule has 1 atom stereocenters. The molecule has 7 nitrogen and oxygen atoms in total. The van der Waals surface area contributed by atoms with Crippen LogP contribution in [0.2, 0.25) is 0 Å². The molecule has 0 bridgehead atoms.